The minimum atomic E-state index is -4.42. The van der Waals surface area contributed by atoms with Crippen LogP contribution in [0.2, 0.25) is 5.02 Å². The molecule has 1 amide bonds. The van der Waals surface area contributed by atoms with Gasteiger partial charge in [0.15, 0.2) is 6.10 Å². The molecule has 0 radical (unpaired) electrons. The van der Waals surface area contributed by atoms with Crippen molar-refractivity contribution in [1.82, 2.24) is 5.32 Å². The van der Waals surface area contributed by atoms with Crippen LogP contribution in [0.3, 0.4) is 0 Å². The van der Waals surface area contributed by atoms with Crippen LogP contribution in [0.25, 0.3) is 0 Å². The first-order valence-electron chi connectivity index (χ1n) is 8.07. The van der Waals surface area contributed by atoms with Crippen molar-refractivity contribution in [2.24, 2.45) is 0 Å². The lowest BCUT2D eigenvalue weighted by Crippen LogP contribution is -2.37. The summed E-state index contributed by atoms with van der Waals surface area (Å²) in [4.78, 5) is 12.3. The van der Waals surface area contributed by atoms with Crippen molar-refractivity contribution in [3.63, 3.8) is 0 Å². The number of amides is 1. The predicted octanol–water partition coefficient (Wildman–Crippen LogP) is 5.14. The first-order valence-corrected chi connectivity index (χ1v) is 8.45. The highest BCUT2D eigenvalue weighted by Gasteiger charge is 2.30. The molecule has 0 bridgehead atoms. The van der Waals surface area contributed by atoms with E-state index in [2.05, 4.69) is 5.32 Å². The summed E-state index contributed by atoms with van der Waals surface area (Å²) >= 11 is 5.96. The number of carbonyl (C=O) groups excluding carboxylic acids is 1. The van der Waals surface area contributed by atoms with E-state index >= 15 is 0 Å². The molecule has 0 aliphatic rings. The fourth-order valence-electron chi connectivity index (χ4n) is 2.34. The Balaban J connectivity index is 2.00. The molecule has 0 aromatic heterocycles. The summed E-state index contributed by atoms with van der Waals surface area (Å²) in [6.07, 6.45) is -4.75. The van der Waals surface area contributed by atoms with Crippen LogP contribution in [0, 0.1) is 6.92 Å². The quantitative estimate of drug-likeness (QED) is 0.747. The minimum Gasteiger partial charge on any atom is -0.481 e. The lowest BCUT2D eigenvalue weighted by atomic mass is 10.1. The van der Waals surface area contributed by atoms with E-state index < -0.39 is 23.8 Å². The number of halogens is 4. The largest absolute Gasteiger partial charge is 0.481 e. The zero-order chi connectivity index (χ0) is 19.3. The maximum Gasteiger partial charge on any atom is 0.416 e. The van der Waals surface area contributed by atoms with Crippen LogP contribution in [0.5, 0.6) is 5.75 Å². The van der Waals surface area contributed by atoms with Crippen molar-refractivity contribution in [3.8, 4) is 5.75 Å². The van der Waals surface area contributed by atoms with Gasteiger partial charge in [0.25, 0.3) is 5.91 Å². The molecule has 2 rings (SSSR count). The Morgan fingerprint density at radius 3 is 2.58 bits per heavy atom. The van der Waals surface area contributed by atoms with Gasteiger partial charge in [-0.15, -0.1) is 0 Å². The van der Waals surface area contributed by atoms with Crippen LogP contribution < -0.4 is 10.1 Å². The van der Waals surface area contributed by atoms with E-state index in [1.54, 1.807) is 25.1 Å². The molecule has 0 saturated heterocycles. The van der Waals surface area contributed by atoms with E-state index in [1.807, 2.05) is 6.92 Å². The Morgan fingerprint density at radius 2 is 1.96 bits per heavy atom. The third-order valence-electron chi connectivity index (χ3n) is 3.79. The predicted molar refractivity (Wildman–Crippen MR) is 94.2 cm³/mol. The lowest BCUT2D eigenvalue weighted by molar-refractivity contribution is -0.137. The number of benzene rings is 2. The van der Waals surface area contributed by atoms with Gasteiger partial charge < -0.3 is 10.1 Å². The van der Waals surface area contributed by atoms with Crippen LogP contribution in [0.15, 0.2) is 42.5 Å². The third-order valence-corrected chi connectivity index (χ3v) is 4.22. The lowest BCUT2D eigenvalue weighted by Gasteiger charge is -2.18. The highest BCUT2D eigenvalue weighted by atomic mass is 35.5. The summed E-state index contributed by atoms with van der Waals surface area (Å²) < 4.78 is 43.9. The first kappa shape index (κ1) is 20.1. The molecule has 3 nitrogen and oxygen atoms in total. The smallest absolute Gasteiger partial charge is 0.416 e. The highest BCUT2D eigenvalue weighted by molar-refractivity contribution is 6.31. The molecule has 0 aliphatic carbocycles. The zero-order valence-electron chi connectivity index (χ0n) is 14.4. The van der Waals surface area contributed by atoms with Crippen molar-refractivity contribution in [2.75, 3.05) is 0 Å². The van der Waals surface area contributed by atoms with E-state index in [0.717, 1.165) is 17.7 Å². The topological polar surface area (TPSA) is 38.3 Å². The van der Waals surface area contributed by atoms with E-state index in [4.69, 9.17) is 16.3 Å². The fourth-order valence-corrected chi connectivity index (χ4v) is 2.46. The summed E-state index contributed by atoms with van der Waals surface area (Å²) in [7, 11) is 0. The second-order valence-electron chi connectivity index (χ2n) is 5.84. The molecule has 0 saturated carbocycles. The second kappa shape index (κ2) is 8.45. The van der Waals surface area contributed by atoms with Gasteiger partial charge in [-0.1, -0.05) is 30.7 Å². The maximum absolute atomic E-state index is 12.7. The Kier molecular flexibility index (Phi) is 6.53. The molecule has 140 valence electrons. The Morgan fingerprint density at radius 1 is 1.23 bits per heavy atom. The molecule has 2 aromatic rings. The average molecular weight is 386 g/mol. The summed E-state index contributed by atoms with van der Waals surface area (Å²) in [6.45, 7) is 3.60. The summed E-state index contributed by atoms with van der Waals surface area (Å²) in [6, 6.07) is 9.92. The van der Waals surface area contributed by atoms with Gasteiger partial charge in [0, 0.05) is 11.6 Å². The number of hydrogen-bond acceptors (Lipinski definition) is 2. The number of hydrogen-bond donors (Lipinski definition) is 1. The van der Waals surface area contributed by atoms with Gasteiger partial charge in [-0.25, -0.2) is 0 Å². The van der Waals surface area contributed by atoms with Gasteiger partial charge in [0.05, 0.1) is 5.56 Å². The summed E-state index contributed by atoms with van der Waals surface area (Å²) in [5.41, 5.74) is 0.443. The summed E-state index contributed by atoms with van der Waals surface area (Å²) in [5.74, 6) is 0.116. The Bertz CT molecular complexity index is 778. The average Bonchev–Trinajstić information content (AvgIpc) is 2.60. The molecule has 0 heterocycles. The monoisotopic (exact) mass is 385 g/mol. The molecule has 0 aliphatic heterocycles. The first-order chi connectivity index (χ1) is 12.2. The minimum absolute atomic E-state index is 0.0116. The van der Waals surface area contributed by atoms with Crippen LogP contribution >= 0.6 is 11.6 Å². The molecule has 2 aromatic carbocycles. The molecule has 26 heavy (non-hydrogen) atoms. The van der Waals surface area contributed by atoms with Gasteiger partial charge in [-0.2, -0.15) is 13.2 Å². The van der Waals surface area contributed by atoms with Gasteiger partial charge >= 0.3 is 6.18 Å². The number of alkyl halides is 3. The van der Waals surface area contributed by atoms with Crippen molar-refractivity contribution >= 4 is 17.5 Å². The van der Waals surface area contributed by atoms with E-state index in [1.165, 1.54) is 12.1 Å². The SMILES string of the molecule is CC[C@H](Oc1ccc(Cl)c(C)c1)C(=O)NCc1cccc(C(F)(F)F)c1. The summed E-state index contributed by atoms with van der Waals surface area (Å²) in [5, 5.41) is 3.21. The van der Waals surface area contributed by atoms with Crippen molar-refractivity contribution < 1.29 is 22.7 Å². The molecular weight excluding hydrogens is 367 g/mol. The van der Waals surface area contributed by atoms with Gasteiger partial charge in [-0.05, 0) is 54.8 Å². The van der Waals surface area contributed by atoms with E-state index in [9.17, 15) is 18.0 Å². The molecule has 0 unspecified atom stereocenters. The standard InChI is InChI=1S/C19H19ClF3NO2/c1-3-17(26-15-7-8-16(20)12(2)9-15)18(25)24-11-13-5-4-6-14(10-13)19(21,22)23/h4-10,17H,3,11H2,1-2H3,(H,24,25)/t17-/m0/s1. The third kappa shape index (κ3) is 5.39. The van der Waals surface area contributed by atoms with E-state index in [0.29, 0.717) is 22.8 Å². The molecular formula is C19H19ClF3NO2. The maximum atomic E-state index is 12.7. The van der Waals surface area contributed by atoms with Gasteiger partial charge in [0.2, 0.25) is 0 Å². The fraction of sp³-hybridized carbons (Fsp3) is 0.316. The Labute approximate surface area is 155 Å². The van der Waals surface area contributed by atoms with Crippen molar-refractivity contribution in [1.29, 1.82) is 0 Å². The molecule has 1 atom stereocenters. The van der Waals surface area contributed by atoms with Crippen LogP contribution in [0.4, 0.5) is 13.2 Å². The number of nitrogens with one attached hydrogen (secondary N) is 1. The van der Waals surface area contributed by atoms with Crippen LogP contribution in [-0.4, -0.2) is 12.0 Å². The normalized spacial score (nSPS) is 12.5. The van der Waals surface area contributed by atoms with Gasteiger partial charge in [-0.3, -0.25) is 4.79 Å². The number of aryl methyl sites for hydroxylation is 1. The highest BCUT2D eigenvalue weighted by Crippen LogP contribution is 2.29. The van der Waals surface area contributed by atoms with Crippen molar-refractivity contribution in [2.45, 2.75) is 39.1 Å². The van der Waals surface area contributed by atoms with Crippen molar-refractivity contribution in [3.05, 3.63) is 64.2 Å². The number of rotatable bonds is 6. The molecule has 7 heteroatoms. The van der Waals surface area contributed by atoms with Crippen LogP contribution in [-0.2, 0) is 17.5 Å². The van der Waals surface area contributed by atoms with Crippen LogP contribution in [0.1, 0.15) is 30.0 Å². The second-order valence-corrected chi connectivity index (χ2v) is 6.25. The number of carbonyl (C=O) groups is 1. The molecule has 0 fully saturated rings. The molecule has 0 spiro atoms. The number of ether oxygens (including phenoxy) is 1. The zero-order valence-corrected chi connectivity index (χ0v) is 15.1. The van der Waals surface area contributed by atoms with E-state index in [-0.39, 0.29) is 6.54 Å². The Hall–Kier alpha value is -2.21. The molecule has 1 N–H and O–H groups in total. The van der Waals surface area contributed by atoms with Gasteiger partial charge in [0.1, 0.15) is 5.75 Å².